The van der Waals surface area contributed by atoms with Crippen LogP contribution in [0, 0.1) is 0 Å². The van der Waals surface area contributed by atoms with Gasteiger partial charge in [-0.05, 0) is 30.3 Å². The van der Waals surface area contributed by atoms with Crippen molar-refractivity contribution < 1.29 is 9.53 Å². The Labute approximate surface area is 139 Å². The van der Waals surface area contributed by atoms with E-state index in [-0.39, 0.29) is 12.0 Å². The number of hydrogen-bond donors (Lipinski definition) is 1. The van der Waals surface area contributed by atoms with Gasteiger partial charge in [0.15, 0.2) is 0 Å². The molecule has 6 heteroatoms. The lowest BCUT2D eigenvalue weighted by Gasteiger charge is -2.31. The molecule has 1 fully saturated rings. The number of H-pyrrole nitrogens is 1. The van der Waals surface area contributed by atoms with Crippen LogP contribution in [-0.4, -0.2) is 45.2 Å². The Kier molecular flexibility index (Phi) is 3.86. The molecule has 0 radical (unpaired) electrons. The van der Waals surface area contributed by atoms with E-state index >= 15 is 0 Å². The fourth-order valence-electron chi connectivity index (χ4n) is 3.07. The van der Waals surface area contributed by atoms with Gasteiger partial charge in [-0.15, -0.1) is 5.10 Å². The summed E-state index contributed by atoms with van der Waals surface area (Å²) in [6.45, 7) is 1.38. The van der Waals surface area contributed by atoms with Gasteiger partial charge >= 0.3 is 0 Å². The molecule has 0 bridgehead atoms. The highest BCUT2D eigenvalue weighted by Crippen LogP contribution is 2.20. The monoisotopic (exact) mass is 322 g/mol. The molecule has 3 heterocycles. The van der Waals surface area contributed by atoms with Crippen LogP contribution in [-0.2, 0) is 0 Å². The summed E-state index contributed by atoms with van der Waals surface area (Å²) in [4.78, 5) is 17.7. The minimum Gasteiger partial charge on any atom is -0.473 e. The number of rotatable bonds is 3. The summed E-state index contributed by atoms with van der Waals surface area (Å²) in [5, 5.41) is 8.81. The summed E-state index contributed by atoms with van der Waals surface area (Å²) in [7, 11) is 0. The molecule has 1 aromatic carbocycles. The predicted molar refractivity (Wildman–Crippen MR) is 89.9 cm³/mol. The fourth-order valence-corrected chi connectivity index (χ4v) is 3.07. The van der Waals surface area contributed by atoms with Gasteiger partial charge in [0.05, 0.1) is 0 Å². The van der Waals surface area contributed by atoms with Gasteiger partial charge in [0, 0.05) is 60.9 Å². The number of ether oxygens (including phenoxy) is 1. The first-order valence-corrected chi connectivity index (χ1v) is 8.10. The highest BCUT2D eigenvalue weighted by molar-refractivity contribution is 5.98. The zero-order chi connectivity index (χ0) is 16.4. The standard InChI is InChI=1S/C18H18N4O2/c23-18(14-3-4-16-13(12-14)5-9-19-16)22-10-6-15(7-11-22)24-17-2-1-8-20-21-17/h1-5,8-9,12,15,19H,6-7,10-11H2. The third-order valence-electron chi connectivity index (χ3n) is 4.36. The van der Waals surface area contributed by atoms with Crippen LogP contribution in [0.1, 0.15) is 23.2 Å². The van der Waals surface area contributed by atoms with E-state index in [1.807, 2.05) is 35.4 Å². The number of aromatic amines is 1. The number of amides is 1. The molecule has 1 N–H and O–H groups in total. The number of nitrogens with one attached hydrogen (secondary N) is 1. The Hall–Kier alpha value is -2.89. The van der Waals surface area contributed by atoms with Crippen LogP contribution in [0.5, 0.6) is 5.88 Å². The molecule has 3 aromatic rings. The Balaban J connectivity index is 1.39. The molecule has 0 atom stereocenters. The second kappa shape index (κ2) is 6.31. The lowest BCUT2D eigenvalue weighted by Crippen LogP contribution is -2.41. The van der Waals surface area contributed by atoms with Gasteiger partial charge in [-0.3, -0.25) is 4.79 Å². The van der Waals surface area contributed by atoms with Crippen molar-refractivity contribution in [1.82, 2.24) is 20.1 Å². The van der Waals surface area contributed by atoms with E-state index in [4.69, 9.17) is 4.74 Å². The second-order valence-corrected chi connectivity index (χ2v) is 5.95. The summed E-state index contributed by atoms with van der Waals surface area (Å²) in [6.07, 6.45) is 5.19. The third-order valence-corrected chi connectivity index (χ3v) is 4.36. The van der Waals surface area contributed by atoms with Gasteiger partial charge in [-0.2, -0.15) is 5.10 Å². The maximum absolute atomic E-state index is 12.7. The summed E-state index contributed by atoms with van der Waals surface area (Å²) in [6, 6.07) is 11.4. The minimum atomic E-state index is 0.0797. The SMILES string of the molecule is O=C(c1ccc2[nH]ccc2c1)N1CCC(Oc2cccnn2)CC1. The largest absolute Gasteiger partial charge is 0.473 e. The van der Waals surface area contributed by atoms with Crippen LogP contribution in [0.25, 0.3) is 10.9 Å². The van der Waals surface area contributed by atoms with Crippen molar-refractivity contribution in [2.75, 3.05) is 13.1 Å². The van der Waals surface area contributed by atoms with Crippen LogP contribution >= 0.6 is 0 Å². The molecule has 0 saturated carbocycles. The Morgan fingerprint density at radius 2 is 2.08 bits per heavy atom. The number of nitrogens with zero attached hydrogens (tertiary/aromatic N) is 3. The lowest BCUT2D eigenvalue weighted by atomic mass is 10.1. The summed E-state index contributed by atoms with van der Waals surface area (Å²) in [5.41, 5.74) is 1.78. The topological polar surface area (TPSA) is 71.1 Å². The lowest BCUT2D eigenvalue weighted by molar-refractivity contribution is 0.0586. The van der Waals surface area contributed by atoms with Gasteiger partial charge in [0.2, 0.25) is 5.88 Å². The van der Waals surface area contributed by atoms with Gasteiger partial charge in [-0.25, -0.2) is 0 Å². The molecule has 0 aliphatic carbocycles. The first kappa shape index (κ1) is 14.7. The van der Waals surface area contributed by atoms with Crippen LogP contribution < -0.4 is 4.74 Å². The van der Waals surface area contributed by atoms with E-state index in [0.29, 0.717) is 19.0 Å². The Bertz CT molecular complexity index is 838. The highest BCUT2D eigenvalue weighted by atomic mass is 16.5. The van der Waals surface area contributed by atoms with Gasteiger partial charge in [0.1, 0.15) is 6.10 Å². The van der Waals surface area contributed by atoms with E-state index in [9.17, 15) is 4.79 Å². The molecule has 4 rings (SSSR count). The van der Waals surface area contributed by atoms with Crippen molar-refractivity contribution in [3.8, 4) is 5.88 Å². The molecular formula is C18H18N4O2. The van der Waals surface area contributed by atoms with Crippen molar-refractivity contribution in [2.24, 2.45) is 0 Å². The van der Waals surface area contributed by atoms with E-state index in [1.54, 1.807) is 18.3 Å². The average molecular weight is 322 g/mol. The number of hydrogen-bond acceptors (Lipinski definition) is 4. The molecule has 6 nitrogen and oxygen atoms in total. The number of carbonyl (C=O) groups is 1. The molecule has 0 spiro atoms. The number of likely N-dealkylation sites (tertiary alicyclic amines) is 1. The van der Waals surface area contributed by atoms with Gasteiger partial charge in [0.25, 0.3) is 5.91 Å². The van der Waals surface area contributed by atoms with Gasteiger partial charge in [-0.1, -0.05) is 0 Å². The minimum absolute atomic E-state index is 0.0797. The maximum Gasteiger partial charge on any atom is 0.253 e. The molecule has 2 aromatic heterocycles. The van der Waals surface area contributed by atoms with E-state index in [0.717, 1.165) is 29.3 Å². The van der Waals surface area contributed by atoms with Crippen molar-refractivity contribution in [2.45, 2.75) is 18.9 Å². The number of piperidine rings is 1. The van der Waals surface area contributed by atoms with Crippen LogP contribution in [0.2, 0.25) is 0 Å². The zero-order valence-corrected chi connectivity index (χ0v) is 13.2. The Morgan fingerprint density at radius 1 is 1.21 bits per heavy atom. The predicted octanol–water partition coefficient (Wildman–Crippen LogP) is 2.64. The summed E-state index contributed by atoms with van der Waals surface area (Å²) >= 11 is 0. The highest BCUT2D eigenvalue weighted by Gasteiger charge is 2.25. The number of benzene rings is 1. The van der Waals surface area contributed by atoms with Crippen molar-refractivity contribution in [1.29, 1.82) is 0 Å². The first-order valence-electron chi connectivity index (χ1n) is 8.10. The van der Waals surface area contributed by atoms with Crippen molar-refractivity contribution in [3.63, 3.8) is 0 Å². The normalized spacial score (nSPS) is 15.6. The quantitative estimate of drug-likeness (QED) is 0.805. The van der Waals surface area contributed by atoms with Crippen LogP contribution in [0.3, 0.4) is 0 Å². The van der Waals surface area contributed by atoms with Crippen molar-refractivity contribution >= 4 is 16.8 Å². The molecule has 1 aliphatic rings. The van der Waals surface area contributed by atoms with Crippen molar-refractivity contribution in [3.05, 3.63) is 54.4 Å². The fraction of sp³-hybridized carbons (Fsp3) is 0.278. The molecule has 1 saturated heterocycles. The number of carbonyl (C=O) groups excluding carboxylic acids is 1. The maximum atomic E-state index is 12.7. The molecule has 1 amide bonds. The van der Waals surface area contributed by atoms with E-state index < -0.39 is 0 Å². The Morgan fingerprint density at radius 3 is 2.88 bits per heavy atom. The van der Waals surface area contributed by atoms with Crippen LogP contribution in [0.4, 0.5) is 0 Å². The average Bonchev–Trinajstić information content (AvgIpc) is 3.10. The zero-order valence-electron chi connectivity index (χ0n) is 13.2. The van der Waals surface area contributed by atoms with E-state index in [2.05, 4.69) is 15.2 Å². The third kappa shape index (κ3) is 2.95. The molecule has 24 heavy (non-hydrogen) atoms. The number of aromatic nitrogens is 3. The first-order chi connectivity index (χ1) is 11.8. The molecule has 1 aliphatic heterocycles. The smallest absolute Gasteiger partial charge is 0.253 e. The van der Waals surface area contributed by atoms with Gasteiger partial charge < -0.3 is 14.6 Å². The molecule has 0 unspecified atom stereocenters. The summed E-state index contributed by atoms with van der Waals surface area (Å²) in [5.74, 6) is 0.622. The molecular weight excluding hydrogens is 304 g/mol. The van der Waals surface area contributed by atoms with Crippen LogP contribution in [0.15, 0.2) is 48.8 Å². The second-order valence-electron chi connectivity index (χ2n) is 5.95. The summed E-state index contributed by atoms with van der Waals surface area (Å²) < 4.78 is 5.82. The van der Waals surface area contributed by atoms with E-state index in [1.165, 1.54) is 0 Å². The number of fused-ring (bicyclic) bond motifs is 1. The molecule has 122 valence electrons.